The summed E-state index contributed by atoms with van der Waals surface area (Å²) in [5, 5.41) is 2.87. The van der Waals surface area contributed by atoms with E-state index in [9.17, 15) is 9.59 Å². The topological polar surface area (TPSA) is 75.4 Å². The van der Waals surface area contributed by atoms with Crippen LogP contribution in [0, 0.1) is 12.8 Å². The Labute approximate surface area is 133 Å². The Hall–Kier alpha value is -1.40. The number of amides is 2. The van der Waals surface area contributed by atoms with E-state index in [1.807, 2.05) is 30.0 Å². The Bertz CT molecular complexity index is 548. The van der Waals surface area contributed by atoms with Crippen molar-refractivity contribution in [1.29, 1.82) is 0 Å². The van der Waals surface area contributed by atoms with Gasteiger partial charge in [-0.1, -0.05) is 22.0 Å². The average Bonchev–Trinajstić information content (AvgIpc) is 2.43. The van der Waals surface area contributed by atoms with Gasteiger partial charge in [0.1, 0.15) is 0 Å². The number of nitrogens with zero attached hydrogens (tertiary/aromatic N) is 1. The van der Waals surface area contributed by atoms with Gasteiger partial charge in [-0.05, 0) is 44.0 Å². The van der Waals surface area contributed by atoms with Gasteiger partial charge in [0.05, 0.1) is 12.5 Å². The standard InChI is InChI=1S/C15H20BrN3O2/c1-10-4-5-12(7-13(10)16)18-14(20)9-19-6-2-3-11(8-19)15(17)21/h4-5,7,11H,2-3,6,8-9H2,1H3,(H2,17,21)(H,18,20)/t11-/m0/s1. The summed E-state index contributed by atoms with van der Waals surface area (Å²) in [6.45, 7) is 3.68. The lowest BCUT2D eigenvalue weighted by atomic mass is 9.97. The molecule has 114 valence electrons. The molecule has 0 unspecified atom stereocenters. The van der Waals surface area contributed by atoms with Crippen LogP contribution in [0.2, 0.25) is 0 Å². The fraction of sp³-hybridized carbons (Fsp3) is 0.467. The summed E-state index contributed by atoms with van der Waals surface area (Å²) in [4.78, 5) is 25.3. The zero-order chi connectivity index (χ0) is 15.4. The number of nitrogens with two attached hydrogens (primary N) is 1. The Kier molecular flexibility index (Phi) is 5.36. The van der Waals surface area contributed by atoms with Gasteiger partial charge in [-0.3, -0.25) is 14.5 Å². The number of aryl methyl sites for hydroxylation is 1. The number of primary amides is 1. The smallest absolute Gasteiger partial charge is 0.238 e. The molecule has 2 amide bonds. The molecule has 1 aromatic rings. The number of nitrogens with one attached hydrogen (secondary N) is 1. The van der Waals surface area contributed by atoms with Gasteiger partial charge in [-0.2, -0.15) is 0 Å². The van der Waals surface area contributed by atoms with E-state index >= 15 is 0 Å². The molecule has 21 heavy (non-hydrogen) atoms. The van der Waals surface area contributed by atoms with Crippen LogP contribution in [0.15, 0.2) is 22.7 Å². The highest BCUT2D eigenvalue weighted by Crippen LogP contribution is 2.21. The molecular weight excluding hydrogens is 334 g/mol. The maximum Gasteiger partial charge on any atom is 0.238 e. The molecule has 1 heterocycles. The molecule has 0 bridgehead atoms. The van der Waals surface area contributed by atoms with Gasteiger partial charge in [0.15, 0.2) is 0 Å². The van der Waals surface area contributed by atoms with Gasteiger partial charge < -0.3 is 11.1 Å². The first-order valence-corrected chi connectivity index (χ1v) is 7.82. The van der Waals surface area contributed by atoms with E-state index in [1.54, 1.807) is 0 Å². The molecular formula is C15H20BrN3O2. The lowest BCUT2D eigenvalue weighted by molar-refractivity contribution is -0.125. The molecule has 0 aliphatic carbocycles. The van der Waals surface area contributed by atoms with Gasteiger partial charge >= 0.3 is 0 Å². The maximum absolute atomic E-state index is 12.1. The summed E-state index contributed by atoms with van der Waals surface area (Å²) in [6, 6.07) is 5.71. The van der Waals surface area contributed by atoms with Crippen LogP contribution >= 0.6 is 15.9 Å². The van der Waals surface area contributed by atoms with E-state index in [1.165, 1.54) is 0 Å². The van der Waals surface area contributed by atoms with Crippen LogP contribution in [0.4, 0.5) is 5.69 Å². The van der Waals surface area contributed by atoms with Crippen molar-refractivity contribution in [3.8, 4) is 0 Å². The zero-order valence-electron chi connectivity index (χ0n) is 12.1. The quantitative estimate of drug-likeness (QED) is 0.867. The van der Waals surface area contributed by atoms with Crippen LogP contribution < -0.4 is 11.1 Å². The van der Waals surface area contributed by atoms with Crippen LogP contribution in [0.5, 0.6) is 0 Å². The number of hydrogen-bond acceptors (Lipinski definition) is 3. The highest BCUT2D eigenvalue weighted by Gasteiger charge is 2.25. The normalized spacial score (nSPS) is 19.2. The predicted octanol–water partition coefficient (Wildman–Crippen LogP) is 1.89. The third-order valence-electron chi connectivity index (χ3n) is 3.73. The summed E-state index contributed by atoms with van der Waals surface area (Å²) in [5.41, 5.74) is 7.23. The molecule has 2 rings (SSSR count). The van der Waals surface area contributed by atoms with Crippen molar-refractivity contribution in [2.24, 2.45) is 11.7 Å². The van der Waals surface area contributed by atoms with E-state index in [2.05, 4.69) is 21.2 Å². The lowest BCUT2D eigenvalue weighted by Gasteiger charge is -2.30. The predicted molar refractivity (Wildman–Crippen MR) is 85.9 cm³/mol. The molecule has 6 heteroatoms. The molecule has 1 saturated heterocycles. The molecule has 1 aliphatic rings. The molecule has 1 atom stereocenters. The molecule has 0 saturated carbocycles. The maximum atomic E-state index is 12.1. The Morgan fingerprint density at radius 2 is 2.24 bits per heavy atom. The summed E-state index contributed by atoms with van der Waals surface area (Å²) in [6.07, 6.45) is 1.72. The first-order chi connectivity index (χ1) is 9.95. The molecule has 0 radical (unpaired) electrons. The molecule has 1 aromatic carbocycles. The SMILES string of the molecule is Cc1ccc(NC(=O)CN2CCC[C@H](C(N)=O)C2)cc1Br. The third-order valence-corrected chi connectivity index (χ3v) is 4.59. The van der Waals surface area contributed by atoms with Crippen molar-refractivity contribution < 1.29 is 9.59 Å². The second-order valence-electron chi connectivity index (χ2n) is 5.49. The number of carbonyl (C=O) groups is 2. The molecule has 3 N–H and O–H groups in total. The van der Waals surface area contributed by atoms with Crippen molar-refractivity contribution in [3.05, 3.63) is 28.2 Å². The molecule has 5 nitrogen and oxygen atoms in total. The third kappa shape index (κ3) is 4.54. The summed E-state index contributed by atoms with van der Waals surface area (Å²) in [5.74, 6) is -0.487. The van der Waals surface area contributed by atoms with E-state index in [-0.39, 0.29) is 24.3 Å². The molecule has 1 aliphatic heterocycles. The van der Waals surface area contributed by atoms with Gasteiger partial charge in [-0.25, -0.2) is 0 Å². The van der Waals surface area contributed by atoms with Gasteiger partial charge in [0, 0.05) is 16.7 Å². The van der Waals surface area contributed by atoms with Crippen molar-refractivity contribution in [1.82, 2.24) is 4.90 Å². The Morgan fingerprint density at radius 1 is 1.48 bits per heavy atom. The number of rotatable bonds is 4. The fourth-order valence-corrected chi connectivity index (χ4v) is 2.88. The van der Waals surface area contributed by atoms with Crippen LogP contribution in [0.3, 0.4) is 0 Å². The van der Waals surface area contributed by atoms with E-state index in [4.69, 9.17) is 5.73 Å². The van der Waals surface area contributed by atoms with E-state index in [0.29, 0.717) is 6.54 Å². The second-order valence-corrected chi connectivity index (χ2v) is 6.34. The highest BCUT2D eigenvalue weighted by molar-refractivity contribution is 9.10. The van der Waals surface area contributed by atoms with Gasteiger partial charge in [0.25, 0.3) is 0 Å². The highest BCUT2D eigenvalue weighted by atomic mass is 79.9. The average molecular weight is 354 g/mol. The van der Waals surface area contributed by atoms with Crippen molar-refractivity contribution in [3.63, 3.8) is 0 Å². The number of anilines is 1. The monoisotopic (exact) mass is 353 g/mol. The van der Waals surface area contributed by atoms with E-state index in [0.717, 1.165) is 35.1 Å². The zero-order valence-corrected chi connectivity index (χ0v) is 13.6. The number of hydrogen-bond donors (Lipinski definition) is 2. The number of carbonyl (C=O) groups excluding carboxylic acids is 2. The first-order valence-electron chi connectivity index (χ1n) is 7.03. The number of piperidine rings is 1. The van der Waals surface area contributed by atoms with Crippen molar-refractivity contribution >= 4 is 33.4 Å². The Balaban J connectivity index is 1.89. The molecule has 0 aromatic heterocycles. The van der Waals surface area contributed by atoms with Crippen LogP contribution in [-0.4, -0.2) is 36.3 Å². The van der Waals surface area contributed by atoms with Crippen LogP contribution in [-0.2, 0) is 9.59 Å². The van der Waals surface area contributed by atoms with Gasteiger partial charge in [-0.15, -0.1) is 0 Å². The number of likely N-dealkylation sites (tertiary alicyclic amines) is 1. The Morgan fingerprint density at radius 3 is 2.90 bits per heavy atom. The summed E-state index contributed by atoms with van der Waals surface area (Å²) in [7, 11) is 0. The summed E-state index contributed by atoms with van der Waals surface area (Å²) >= 11 is 3.45. The minimum atomic E-state index is -0.275. The van der Waals surface area contributed by atoms with Gasteiger partial charge in [0.2, 0.25) is 11.8 Å². The number of benzene rings is 1. The lowest BCUT2D eigenvalue weighted by Crippen LogP contribution is -2.44. The first kappa shape index (κ1) is 16.0. The van der Waals surface area contributed by atoms with Crippen molar-refractivity contribution in [2.45, 2.75) is 19.8 Å². The fourth-order valence-electron chi connectivity index (χ4n) is 2.51. The van der Waals surface area contributed by atoms with E-state index < -0.39 is 0 Å². The summed E-state index contributed by atoms with van der Waals surface area (Å²) < 4.78 is 0.965. The number of halogens is 1. The van der Waals surface area contributed by atoms with Crippen LogP contribution in [0.1, 0.15) is 18.4 Å². The van der Waals surface area contributed by atoms with Crippen molar-refractivity contribution in [2.75, 3.05) is 25.0 Å². The van der Waals surface area contributed by atoms with Crippen LogP contribution in [0.25, 0.3) is 0 Å². The molecule has 1 fully saturated rings. The second kappa shape index (κ2) is 7.04. The molecule has 0 spiro atoms. The minimum absolute atomic E-state index is 0.0733. The largest absolute Gasteiger partial charge is 0.369 e. The minimum Gasteiger partial charge on any atom is -0.369 e.